The molecule has 6 heteroatoms. The van der Waals surface area contributed by atoms with Crippen molar-refractivity contribution < 1.29 is 9.90 Å². The zero-order valence-electron chi connectivity index (χ0n) is 4.98. The van der Waals surface area contributed by atoms with Gasteiger partial charge in [-0.2, -0.15) is 0 Å². The molecule has 1 aliphatic carbocycles. The molecule has 0 spiro atoms. The Morgan fingerprint density at radius 1 is 1.10 bits per heavy atom. The summed E-state index contributed by atoms with van der Waals surface area (Å²) in [5, 5.41) is 8.05. The SMILES string of the molecule is Cl.Cl.Cl.Cl.O=C(O)C1CC1. The van der Waals surface area contributed by atoms with Crippen LogP contribution in [0.4, 0.5) is 0 Å². The van der Waals surface area contributed by atoms with E-state index in [9.17, 15) is 4.79 Å². The first kappa shape index (κ1) is 22.4. The molecule has 0 atom stereocenters. The van der Waals surface area contributed by atoms with Gasteiger partial charge in [0, 0.05) is 0 Å². The van der Waals surface area contributed by atoms with Crippen LogP contribution in [0.25, 0.3) is 0 Å². The number of carboxylic acids is 1. The van der Waals surface area contributed by atoms with Crippen molar-refractivity contribution >= 4 is 55.6 Å². The number of carboxylic acid groups (broad SMARTS) is 1. The molecule has 0 aromatic heterocycles. The van der Waals surface area contributed by atoms with Crippen LogP contribution in [0.15, 0.2) is 0 Å². The zero-order chi connectivity index (χ0) is 4.57. The monoisotopic (exact) mass is 230 g/mol. The molecule has 1 saturated carbocycles. The van der Waals surface area contributed by atoms with E-state index in [4.69, 9.17) is 5.11 Å². The fraction of sp³-hybridized carbons (Fsp3) is 0.750. The molecule has 0 aromatic carbocycles. The molecule has 1 N–H and O–H groups in total. The Bertz CT molecular complexity index is 83.3. The molecule has 2 nitrogen and oxygen atoms in total. The molecular weight excluding hydrogens is 222 g/mol. The van der Waals surface area contributed by atoms with Gasteiger partial charge in [0.2, 0.25) is 0 Å². The summed E-state index contributed by atoms with van der Waals surface area (Å²) in [5.41, 5.74) is 0. The normalized spacial score (nSPS) is 12.4. The van der Waals surface area contributed by atoms with Gasteiger partial charge >= 0.3 is 5.97 Å². The number of rotatable bonds is 1. The van der Waals surface area contributed by atoms with Crippen LogP contribution in [0, 0.1) is 5.92 Å². The van der Waals surface area contributed by atoms with Gasteiger partial charge in [-0.15, -0.1) is 49.6 Å². The molecule has 1 fully saturated rings. The summed E-state index contributed by atoms with van der Waals surface area (Å²) in [6.07, 6.45) is 1.80. The fourth-order valence-corrected chi connectivity index (χ4v) is 0.330. The first-order valence-electron chi connectivity index (χ1n) is 2.03. The van der Waals surface area contributed by atoms with Crippen LogP contribution in [0.3, 0.4) is 0 Å². The Balaban J connectivity index is -0.0000000450. The summed E-state index contributed by atoms with van der Waals surface area (Å²) in [4.78, 5) is 9.76. The molecule has 0 aromatic rings. The van der Waals surface area contributed by atoms with Gasteiger partial charge in [0.05, 0.1) is 5.92 Å². The highest BCUT2D eigenvalue weighted by molar-refractivity contribution is 5.86. The largest absolute Gasteiger partial charge is 0.481 e. The molecular formula is C4H10Cl4O2. The summed E-state index contributed by atoms with van der Waals surface area (Å²) in [5.74, 6) is -0.611. The van der Waals surface area contributed by atoms with Crippen molar-refractivity contribution in [3.8, 4) is 0 Å². The summed E-state index contributed by atoms with van der Waals surface area (Å²) >= 11 is 0. The predicted octanol–water partition coefficient (Wildman–Crippen LogP) is 2.17. The highest BCUT2D eigenvalue weighted by Gasteiger charge is 2.28. The Kier molecular flexibility index (Phi) is 21.6. The van der Waals surface area contributed by atoms with E-state index in [0.717, 1.165) is 12.8 Å². The third-order valence-electron chi connectivity index (χ3n) is 0.927. The maximum Gasteiger partial charge on any atom is 0.306 e. The first-order valence-corrected chi connectivity index (χ1v) is 2.03. The predicted molar refractivity (Wildman–Crippen MR) is 49.4 cm³/mol. The molecule has 1 rings (SSSR count). The molecule has 0 bridgehead atoms. The standard InChI is InChI=1S/C4H6O2.4ClH/c5-4(6)3-1-2-3;;;;/h3H,1-2H2,(H,5,6);4*1H. The van der Waals surface area contributed by atoms with E-state index in [1.165, 1.54) is 0 Å². The Morgan fingerprint density at radius 3 is 1.40 bits per heavy atom. The summed E-state index contributed by atoms with van der Waals surface area (Å²) in [6.45, 7) is 0. The van der Waals surface area contributed by atoms with Gasteiger partial charge in [-0.05, 0) is 12.8 Å². The minimum Gasteiger partial charge on any atom is -0.481 e. The van der Waals surface area contributed by atoms with Gasteiger partial charge < -0.3 is 5.11 Å². The topological polar surface area (TPSA) is 37.3 Å². The Labute approximate surface area is 84.4 Å². The van der Waals surface area contributed by atoms with Gasteiger partial charge in [-0.25, -0.2) is 0 Å². The lowest BCUT2D eigenvalue weighted by Crippen LogP contribution is -1.94. The van der Waals surface area contributed by atoms with E-state index in [0.29, 0.717) is 0 Å². The van der Waals surface area contributed by atoms with Crippen LogP contribution in [-0.4, -0.2) is 11.1 Å². The minimum atomic E-state index is -0.630. The smallest absolute Gasteiger partial charge is 0.306 e. The van der Waals surface area contributed by atoms with Crippen LogP contribution in [0.1, 0.15) is 12.8 Å². The second-order valence-electron chi connectivity index (χ2n) is 1.61. The number of aliphatic carboxylic acids is 1. The molecule has 0 saturated heterocycles. The molecule has 0 aliphatic heterocycles. The molecule has 10 heavy (non-hydrogen) atoms. The van der Waals surface area contributed by atoms with E-state index < -0.39 is 5.97 Å². The van der Waals surface area contributed by atoms with E-state index in [2.05, 4.69) is 0 Å². The lowest BCUT2D eigenvalue weighted by atomic mass is 10.5. The second-order valence-corrected chi connectivity index (χ2v) is 1.61. The molecule has 0 heterocycles. The molecule has 66 valence electrons. The summed E-state index contributed by atoms with van der Waals surface area (Å²) < 4.78 is 0. The summed E-state index contributed by atoms with van der Waals surface area (Å²) in [7, 11) is 0. The lowest BCUT2D eigenvalue weighted by Gasteiger charge is -1.75. The third-order valence-corrected chi connectivity index (χ3v) is 0.927. The molecule has 0 unspecified atom stereocenters. The maximum absolute atomic E-state index is 9.76. The van der Waals surface area contributed by atoms with E-state index >= 15 is 0 Å². The zero-order valence-corrected chi connectivity index (χ0v) is 8.25. The Hall–Kier alpha value is 0.630. The van der Waals surface area contributed by atoms with Crippen molar-refractivity contribution in [1.82, 2.24) is 0 Å². The lowest BCUT2D eigenvalue weighted by molar-refractivity contribution is -0.138. The van der Waals surface area contributed by atoms with Gasteiger partial charge in [0.25, 0.3) is 0 Å². The third kappa shape index (κ3) is 8.63. The van der Waals surface area contributed by atoms with Crippen molar-refractivity contribution in [2.75, 3.05) is 0 Å². The average molecular weight is 232 g/mol. The van der Waals surface area contributed by atoms with Crippen LogP contribution >= 0.6 is 49.6 Å². The van der Waals surface area contributed by atoms with Gasteiger partial charge in [-0.1, -0.05) is 0 Å². The molecule has 0 radical (unpaired) electrons. The van der Waals surface area contributed by atoms with Gasteiger partial charge in [0.15, 0.2) is 0 Å². The number of carbonyl (C=O) groups is 1. The van der Waals surface area contributed by atoms with E-state index in [-0.39, 0.29) is 55.5 Å². The van der Waals surface area contributed by atoms with Crippen LogP contribution in [0.2, 0.25) is 0 Å². The average Bonchev–Trinajstić information content (AvgIpc) is 2.06. The second kappa shape index (κ2) is 9.63. The highest BCUT2D eigenvalue weighted by atomic mass is 35.5. The minimum absolute atomic E-state index is 0. The first-order chi connectivity index (χ1) is 2.80. The van der Waals surface area contributed by atoms with Gasteiger partial charge in [0.1, 0.15) is 0 Å². The van der Waals surface area contributed by atoms with Crippen LogP contribution < -0.4 is 0 Å². The molecule has 1 aliphatic rings. The van der Waals surface area contributed by atoms with Crippen molar-refractivity contribution in [1.29, 1.82) is 0 Å². The van der Waals surface area contributed by atoms with E-state index in [1.54, 1.807) is 0 Å². The number of hydrogen-bond donors (Lipinski definition) is 1. The highest BCUT2D eigenvalue weighted by Crippen LogP contribution is 2.28. The van der Waals surface area contributed by atoms with Crippen molar-refractivity contribution in [3.05, 3.63) is 0 Å². The van der Waals surface area contributed by atoms with Crippen molar-refractivity contribution in [2.45, 2.75) is 12.8 Å². The quantitative estimate of drug-likeness (QED) is 0.751. The van der Waals surface area contributed by atoms with Crippen molar-refractivity contribution in [2.24, 2.45) is 5.92 Å². The van der Waals surface area contributed by atoms with Gasteiger partial charge in [-0.3, -0.25) is 4.79 Å². The van der Waals surface area contributed by atoms with E-state index in [1.807, 2.05) is 0 Å². The van der Waals surface area contributed by atoms with Crippen LogP contribution in [0.5, 0.6) is 0 Å². The van der Waals surface area contributed by atoms with Crippen LogP contribution in [-0.2, 0) is 4.79 Å². The van der Waals surface area contributed by atoms with Crippen molar-refractivity contribution in [3.63, 3.8) is 0 Å². The molecule has 0 amide bonds. The fourth-order valence-electron chi connectivity index (χ4n) is 0.330. The number of halogens is 4. The maximum atomic E-state index is 9.76. The summed E-state index contributed by atoms with van der Waals surface area (Å²) in [6, 6.07) is 0. The number of hydrogen-bond acceptors (Lipinski definition) is 1. The Morgan fingerprint density at radius 2 is 1.40 bits per heavy atom.